The first kappa shape index (κ1) is 20.8. The van der Waals surface area contributed by atoms with Gasteiger partial charge in [0.15, 0.2) is 0 Å². The van der Waals surface area contributed by atoms with Gasteiger partial charge in [-0.25, -0.2) is 8.42 Å². The highest BCUT2D eigenvalue weighted by atomic mass is 35.5. The smallest absolute Gasteiger partial charge is 0.243 e. The van der Waals surface area contributed by atoms with Crippen LogP contribution in [0.2, 0.25) is 5.02 Å². The van der Waals surface area contributed by atoms with Gasteiger partial charge in [0.2, 0.25) is 15.9 Å². The maximum Gasteiger partial charge on any atom is 0.243 e. The Hall–Kier alpha value is -1.41. The van der Waals surface area contributed by atoms with E-state index in [0.29, 0.717) is 30.6 Å². The molecule has 4 rings (SSSR count). The molecule has 2 aliphatic rings. The van der Waals surface area contributed by atoms with E-state index in [0.717, 1.165) is 24.8 Å². The molecule has 1 aromatic carbocycles. The molecular weight excluding hydrogens is 428 g/mol. The molecule has 1 aliphatic carbocycles. The second kappa shape index (κ2) is 8.38. The molecule has 1 saturated carbocycles. The average molecular weight is 453 g/mol. The number of rotatable bonds is 6. The zero-order chi connectivity index (χ0) is 20.6. The molecule has 29 heavy (non-hydrogen) atoms. The largest absolute Gasteiger partial charge is 0.334 e. The first-order chi connectivity index (χ1) is 13.9. The number of hydrogen-bond acceptors (Lipinski definition) is 4. The van der Waals surface area contributed by atoms with Crippen LogP contribution in [0.5, 0.6) is 0 Å². The van der Waals surface area contributed by atoms with Crippen molar-refractivity contribution in [3.8, 4) is 0 Å². The third kappa shape index (κ3) is 4.53. The van der Waals surface area contributed by atoms with Crippen LogP contribution in [0.3, 0.4) is 0 Å². The van der Waals surface area contributed by atoms with Gasteiger partial charge < -0.3 is 4.90 Å². The van der Waals surface area contributed by atoms with Crippen molar-refractivity contribution >= 4 is 38.9 Å². The number of amides is 1. The number of aryl methyl sites for hydroxylation is 1. The predicted molar refractivity (Wildman–Crippen MR) is 116 cm³/mol. The number of halogens is 1. The molecule has 8 heteroatoms. The highest BCUT2D eigenvalue weighted by Crippen LogP contribution is 2.33. The Kier molecular flexibility index (Phi) is 6.02. The maximum atomic E-state index is 13.3. The topological polar surface area (TPSA) is 57.7 Å². The van der Waals surface area contributed by atoms with E-state index >= 15 is 0 Å². The second-order valence-corrected chi connectivity index (χ2v) is 11.3. The van der Waals surface area contributed by atoms with E-state index in [1.807, 2.05) is 29.3 Å². The van der Waals surface area contributed by atoms with E-state index in [1.54, 1.807) is 23.5 Å². The van der Waals surface area contributed by atoms with Gasteiger partial charge in [-0.05, 0) is 61.7 Å². The summed E-state index contributed by atoms with van der Waals surface area (Å²) in [6.07, 6.45) is 3.49. The number of carbonyl (C=O) groups is 1. The Morgan fingerprint density at radius 3 is 2.72 bits per heavy atom. The predicted octanol–water partition coefficient (Wildman–Crippen LogP) is 4.30. The highest BCUT2D eigenvalue weighted by Gasteiger charge is 2.39. The van der Waals surface area contributed by atoms with Crippen molar-refractivity contribution < 1.29 is 13.2 Å². The number of nitrogens with zero attached hydrogens (tertiary/aromatic N) is 2. The summed E-state index contributed by atoms with van der Waals surface area (Å²) >= 11 is 7.80. The fraction of sp³-hybridized carbons (Fsp3) is 0.476. The zero-order valence-electron chi connectivity index (χ0n) is 16.4. The van der Waals surface area contributed by atoms with Gasteiger partial charge in [0.25, 0.3) is 0 Å². The summed E-state index contributed by atoms with van der Waals surface area (Å²) in [5.74, 6) is -0.206. The van der Waals surface area contributed by atoms with Crippen LogP contribution in [0.4, 0.5) is 0 Å². The molecule has 2 fully saturated rings. The molecule has 1 aliphatic heterocycles. The van der Waals surface area contributed by atoms with E-state index in [-0.39, 0.29) is 23.3 Å². The van der Waals surface area contributed by atoms with Gasteiger partial charge >= 0.3 is 0 Å². The summed E-state index contributed by atoms with van der Waals surface area (Å²) in [6, 6.07) is 9.16. The van der Waals surface area contributed by atoms with Crippen LogP contribution in [0, 0.1) is 12.8 Å². The molecule has 0 spiro atoms. The van der Waals surface area contributed by atoms with E-state index in [2.05, 4.69) is 0 Å². The minimum absolute atomic E-state index is 0.0859. The van der Waals surface area contributed by atoms with Crippen molar-refractivity contribution in [3.05, 3.63) is 51.2 Å². The lowest BCUT2D eigenvalue weighted by atomic mass is 9.98. The van der Waals surface area contributed by atoms with Crippen LogP contribution in [-0.2, 0) is 21.4 Å². The summed E-state index contributed by atoms with van der Waals surface area (Å²) in [6.45, 7) is 3.14. The molecular formula is C21H25ClN2O3S2. The monoisotopic (exact) mass is 452 g/mol. The Bertz CT molecular complexity index is 987. The van der Waals surface area contributed by atoms with Crippen LogP contribution in [0.15, 0.2) is 40.6 Å². The lowest BCUT2D eigenvalue weighted by Gasteiger charge is -2.34. The third-order valence-electron chi connectivity index (χ3n) is 5.69. The SMILES string of the molecule is Cc1ccc(S(=O)(=O)N2CCC[C@@H](C(=O)N(Cc3cccs3)C3CC3)C2)cc1Cl. The minimum atomic E-state index is -3.67. The van der Waals surface area contributed by atoms with Gasteiger partial charge in [-0.2, -0.15) is 4.31 Å². The fourth-order valence-corrected chi connectivity index (χ4v) is 6.32. The van der Waals surface area contributed by atoms with Gasteiger partial charge in [-0.3, -0.25) is 4.79 Å². The third-order valence-corrected chi connectivity index (χ3v) is 8.82. The highest BCUT2D eigenvalue weighted by molar-refractivity contribution is 7.89. The fourth-order valence-electron chi connectivity index (χ4n) is 3.82. The van der Waals surface area contributed by atoms with Crippen molar-refractivity contribution in [2.24, 2.45) is 5.92 Å². The van der Waals surface area contributed by atoms with E-state index in [1.165, 1.54) is 15.2 Å². The van der Waals surface area contributed by atoms with E-state index in [9.17, 15) is 13.2 Å². The van der Waals surface area contributed by atoms with Crippen molar-refractivity contribution in [2.45, 2.75) is 50.1 Å². The molecule has 1 saturated heterocycles. The van der Waals surface area contributed by atoms with Crippen molar-refractivity contribution in [3.63, 3.8) is 0 Å². The second-order valence-electron chi connectivity index (χ2n) is 7.89. The number of benzene rings is 1. The summed E-state index contributed by atoms with van der Waals surface area (Å²) in [5.41, 5.74) is 0.839. The standard InChI is InChI=1S/C21H25ClN2O3S2/c1-15-6-9-19(12-20(15)22)29(26,27)23-10-2-4-16(13-23)21(25)24(17-7-8-17)14-18-5-3-11-28-18/h3,5-6,9,11-12,16-17H,2,4,7-8,10,13-14H2,1H3/t16-/m1/s1. The van der Waals surface area contributed by atoms with Crippen molar-refractivity contribution in [1.82, 2.24) is 9.21 Å². The van der Waals surface area contributed by atoms with E-state index < -0.39 is 10.0 Å². The lowest BCUT2D eigenvalue weighted by Crippen LogP contribution is -2.47. The zero-order valence-corrected chi connectivity index (χ0v) is 18.8. The molecule has 0 bridgehead atoms. The molecule has 5 nitrogen and oxygen atoms in total. The summed E-state index contributed by atoms with van der Waals surface area (Å²) in [7, 11) is -3.67. The van der Waals surface area contributed by atoms with E-state index in [4.69, 9.17) is 11.6 Å². The van der Waals surface area contributed by atoms with Crippen LogP contribution < -0.4 is 0 Å². The van der Waals surface area contributed by atoms with Crippen LogP contribution in [-0.4, -0.2) is 42.7 Å². The Morgan fingerprint density at radius 2 is 2.07 bits per heavy atom. The molecule has 156 valence electrons. The number of hydrogen-bond donors (Lipinski definition) is 0. The van der Waals surface area contributed by atoms with Crippen LogP contribution >= 0.6 is 22.9 Å². The summed E-state index contributed by atoms with van der Waals surface area (Å²) in [5, 5.41) is 2.46. The summed E-state index contributed by atoms with van der Waals surface area (Å²) < 4.78 is 27.7. The van der Waals surface area contributed by atoms with Crippen LogP contribution in [0.1, 0.15) is 36.1 Å². The number of piperidine rings is 1. The molecule has 2 heterocycles. The Labute approximate surface area is 181 Å². The minimum Gasteiger partial charge on any atom is -0.334 e. The quantitative estimate of drug-likeness (QED) is 0.656. The first-order valence-corrected chi connectivity index (χ1v) is 12.6. The molecule has 0 N–H and O–H groups in total. The van der Waals surface area contributed by atoms with Gasteiger partial charge in [-0.1, -0.05) is 23.7 Å². The van der Waals surface area contributed by atoms with Gasteiger partial charge in [0.1, 0.15) is 0 Å². The van der Waals surface area contributed by atoms with Crippen LogP contribution in [0.25, 0.3) is 0 Å². The summed E-state index contributed by atoms with van der Waals surface area (Å²) in [4.78, 5) is 16.6. The molecule has 1 aromatic heterocycles. The Balaban J connectivity index is 1.51. The maximum absolute atomic E-state index is 13.3. The normalized spacial score (nSPS) is 20.6. The number of thiophene rings is 1. The van der Waals surface area contributed by atoms with Gasteiger partial charge in [0.05, 0.1) is 17.4 Å². The molecule has 1 amide bonds. The molecule has 1 atom stereocenters. The molecule has 2 aromatic rings. The first-order valence-electron chi connectivity index (χ1n) is 9.95. The number of carbonyl (C=O) groups excluding carboxylic acids is 1. The lowest BCUT2D eigenvalue weighted by molar-refractivity contribution is -0.137. The molecule has 0 unspecified atom stereocenters. The van der Waals surface area contributed by atoms with Gasteiger partial charge in [-0.15, -0.1) is 11.3 Å². The van der Waals surface area contributed by atoms with Crippen molar-refractivity contribution in [1.29, 1.82) is 0 Å². The van der Waals surface area contributed by atoms with Crippen molar-refractivity contribution in [2.75, 3.05) is 13.1 Å². The Morgan fingerprint density at radius 1 is 1.28 bits per heavy atom. The molecule has 0 radical (unpaired) electrons. The number of sulfonamides is 1. The average Bonchev–Trinajstić information content (AvgIpc) is 3.43. The van der Waals surface area contributed by atoms with Gasteiger partial charge in [0, 0.05) is 29.0 Å².